The van der Waals surface area contributed by atoms with Gasteiger partial charge in [0, 0.05) is 0 Å². The van der Waals surface area contributed by atoms with Gasteiger partial charge >= 0.3 is 0 Å². The molecular weight excluding hydrogens is 179 g/mol. The molecule has 0 atom stereocenters. The quantitative estimate of drug-likeness (QED) is 0.579. The molecule has 0 fully saturated rings. The minimum Gasteiger partial charge on any atom is -0.0716 e. The molecule has 0 aliphatic carbocycles. The van der Waals surface area contributed by atoms with Crippen LogP contribution in [0.25, 0.3) is 0 Å². The van der Waals surface area contributed by atoms with E-state index in [2.05, 4.69) is 25.6 Å². The summed E-state index contributed by atoms with van der Waals surface area (Å²) in [6.45, 7) is 5.17. The van der Waals surface area contributed by atoms with Crippen LogP contribution in [0.15, 0.2) is 41.4 Å². The van der Waals surface area contributed by atoms with Gasteiger partial charge in [0.25, 0.3) is 0 Å². The maximum Gasteiger partial charge on any atom is 0.0992 e. The van der Waals surface area contributed by atoms with Crippen molar-refractivity contribution in [3.8, 4) is 0 Å². The van der Waals surface area contributed by atoms with E-state index in [0.29, 0.717) is 0 Å². The summed E-state index contributed by atoms with van der Waals surface area (Å²) in [5.41, 5.74) is 1.32. The topological polar surface area (TPSA) is 0 Å². The molecule has 0 nitrogen and oxygen atoms in total. The van der Waals surface area contributed by atoms with E-state index in [0.717, 1.165) is 0 Å². The lowest BCUT2D eigenvalue weighted by Crippen LogP contribution is -1.62. The van der Waals surface area contributed by atoms with Crippen molar-refractivity contribution in [2.75, 3.05) is 0 Å². The molecule has 0 aliphatic rings. The minimum absolute atomic E-state index is 0.111. The highest BCUT2D eigenvalue weighted by atomic mass is 35.5. The Bertz CT molecular complexity index is 200. The molecule has 1 aromatic rings. The normalized spacial score (nSPS) is 7.91. The summed E-state index contributed by atoms with van der Waals surface area (Å²) in [6.07, 6.45) is 0. The van der Waals surface area contributed by atoms with Crippen LogP contribution >= 0.6 is 23.2 Å². The first-order valence-corrected chi connectivity index (χ1v) is 3.90. The lowest BCUT2D eigenvalue weighted by atomic mass is 10.2. The fourth-order valence-electron chi connectivity index (χ4n) is 0.534. The molecule has 0 saturated heterocycles. The number of halogens is 2. The van der Waals surface area contributed by atoms with Gasteiger partial charge in [0.2, 0.25) is 0 Å². The average Bonchev–Trinajstić information content (AvgIpc) is 1.87. The Labute approximate surface area is 77.4 Å². The third-order valence-electron chi connectivity index (χ3n) is 0.940. The molecule has 0 N–H and O–H groups in total. The first-order valence-electron chi connectivity index (χ1n) is 3.14. The highest BCUT2D eigenvalue weighted by Gasteiger charge is 1.72. The molecule has 1 aromatic carbocycles. The summed E-state index contributed by atoms with van der Waals surface area (Å²) in [7, 11) is 0. The van der Waals surface area contributed by atoms with Gasteiger partial charge in [-0.05, 0) is 6.92 Å². The maximum absolute atomic E-state index is 4.85. The summed E-state index contributed by atoms with van der Waals surface area (Å²) < 4.78 is 0.111. The third kappa shape index (κ3) is 9.54. The molecular formula is C9H10Cl2. The minimum atomic E-state index is 0.111. The number of hydrogen-bond donors (Lipinski definition) is 0. The van der Waals surface area contributed by atoms with Crippen LogP contribution in [-0.2, 0) is 0 Å². The Morgan fingerprint density at radius 2 is 1.55 bits per heavy atom. The molecule has 0 amide bonds. The van der Waals surface area contributed by atoms with Crippen molar-refractivity contribution in [3.63, 3.8) is 0 Å². The highest BCUT2D eigenvalue weighted by Crippen LogP contribution is 1.98. The van der Waals surface area contributed by atoms with Crippen LogP contribution < -0.4 is 0 Å². The van der Waals surface area contributed by atoms with Crippen molar-refractivity contribution in [1.29, 1.82) is 0 Å². The van der Waals surface area contributed by atoms with E-state index in [9.17, 15) is 0 Å². The highest BCUT2D eigenvalue weighted by molar-refractivity contribution is 6.55. The Kier molecular flexibility index (Phi) is 6.00. The van der Waals surface area contributed by atoms with E-state index >= 15 is 0 Å². The van der Waals surface area contributed by atoms with Crippen LogP contribution in [0.5, 0.6) is 0 Å². The van der Waals surface area contributed by atoms with Crippen molar-refractivity contribution in [1.82, 2.24) is 0 Å². The van der Waals surface area contributed by atoms with E-state index in [1.807, 2.05) is 18.2 Å². The molecule has 1 rings (SSSR count). The lowest BCUT2D eigenvalue weighted by Gasteiger charge is -1.82. The van der Waals surface area contributed by atoms with E-state index in [1.165, 1.54) is 5.56 Å². The summed E-state index contributed by atoms with van der Waals surface area (Å²) >= 11 is 9.69. The lowest BCUT2D eigenvalue weighted by molar-refractivity contribution is 1.48. The Morgan fingerprint density at radius 1 is 1.18 bits per heavy atom. The zero-order valence-corrected chi connectivity index (χ0v) is 7.86. The maximum atomic E-state index is 4.85. The van der Waals surface area contributed by atoms with Gasteiger partial charge in [0.1, 0.15) is 0 Å². The van der Waals surface area contributed by atoms with Gasteiger partial charge in [-0.25, -0.2) is 0 Å². The van der Waals surface area contributed by atoms with Gasteiger partial charge in [-0.2, -0.15) is 0 Å². The second-order valence-corrected chi connectivity index (χ2v) is 3.10. The Balaban J connectivity index is 0.000000218. The van der Waals surface area contributed by atoms with Gasteiger partial charge in [-0.3, -0.25) is 0 Å². The number of hydrogen-bond acceptors (Lipinski definition) is 0. The van der Waals surface area contributed by atoms with Crippen LogP contribution in [0.4, 0.5) is 0 Å². The second-order valence-electron chi connectivity index (χ2n) is 1.99. The molecule has 11 heavy (non-hydrogen) atoms. The van der Waals surface area contributed by atoms with E-state index in [4.69, 9.17) is 23.2 Å². The number of rotatable bonds is 0. The standard InChI is InChI=1S/C7H8.C2H2Cl2/c1-7-5-3-2-4-6-7;1-2(3)4/h2-6H,1H3;1H2. The fraction of sp³-hybridized carbons (Fsp3) is 0.111. The zero-order valence-electron chi connectivity index (χ0n) is 6.35. The first-order chi connectivity index (χ1) is 5.13. The molecule has 0 saturated carbocycles. The van der Waals surface area contributed by atoms with Gasteiger partial charge in [0.15, 0.2) is 0 Å². The summed E-state index contributed by atoms with van der Waals surface area (Å²) in [5, 5.41) is 0. The fourth-order valence-corrected chi connectivity index (χ4v) is 0.534. The number of aryl methyl sites for hydroxylation is 1. The average molecular weight is 189 g/mol. The summed E-state index contributed by atoms with van der Waals surface area (Å²) in [6, 6.07) is 10.3. The van der Waals surface area contributed by atoms with Crippen LogP contribution in [0.1, 0.15) is 5.56 Å². The van der Waals surface area contributed by atoms with E-state index in [-0.39, 0.29) is 4.49 Å². The molecule has 0 radical (unpaired) electrons. The number of benzene rings is 1. The van der Waals surface area contributed by atoms with Crippen LogP contribution in [-0.4, -0.2) is 0 Å². The van der Waals surface area contributed by atoms with Crippen molar-refractivity contribution in [2.45, 2.75) is 6.92 Å². The van der Waals surface area contributed by atoms with Crippen LogP contribution in [0, 0.1) is 6.92 Å². The summed E-state index contributed by atoms with van der Waals surface area (Å²) in [4.78, 5) is 0. The van der Waals surface area contributed by atoms with Gasteiger partial charge < -0.3 is 0 Å². The van der Waals surface area contributed by atoms with Gasteiger partial charge in [-0.1, -0.05) is 65.7 Å². The van der Waals surface area contributed by atoms with Crippen LogP contribution in [0.3, 0.4) is 0 Å². The molecule has 0 bridgehead atoms. The Morgan fingerprint density at radius 3 is 1.73 bits per heavy atom. The van der Waals surface area contributed by atoms with Crippen molar-refractivity contribution in [3.05, 3.63) is 47.0 Å². The molecule has 60 valence electrons. The second kappa shape index (κ2) is 6.26. The zero-order chi connectivity index (χ0) is 8.69. The third-order valence-corrected chi connectivity index (χ3v) is 0.940. The molecule has 2 heteroatoms. The van der Waals surface area contributed by atoms with E-state index in [1.54, 1.807) is 0 Å². The molecule has 0 aromatic heterocycles. The molecule has 0 unspecified atom stereocenters. The smallest absolute Gasteiger partial charge is 0.0716 e. The molecule has 0 spiro atoms. The summed E-state index contributed by atoms with van der Waals surface area (Å²) in [5.74, 6) is 0. The van der Waals surface area contributed by atoms with Gasteiger partial charge in [0.05, 0.1) is 4.49 Å². The molecule has 0 aliphatic heterocycles. The largest absolute Gasteiger partial charge is 0.0992 e. The SMILES string of the molecule is C=C(Cl)Cl.Cc1ccccc1. The molecule has 0 heterocycles. The predicted octanol–water partition coefficient (Wildman–Crippen LogP) is 3.93. The van der Waals surface area contributed by atoms with Crippen molar-refractivity contribution < 1.29 is 0 Å². The van der Waals surface area contributed by atoms with Crippen LogP contribution in [0.2, 0.25) is 0 Å². The predicted molar refractivity (Wildman–Crippen MR) is 52.0 cm³/mol. The monoisotopic (exact) mass is 188 g/mol. The van der Waals surface area contributed by atoms with E-state index < -0.39 is 0 Å². The Hall–Kier alpha value is -0.460. The van der Waals surface area contributed by atoms with Gasteiger partial charge in [-0.15, -0.1) is 0 Å². The van der Waals surface area contributed by atoms with Crippen molar-refractivity contribution >= 4 is 23.2 Å². The first kappa shape index (κ1) is 10.5. The van der Waals surface area contributed by atoms with Crippen molar-refractivity contribution in [2.24, 2.45) is 0 Å².